The standard InChI is InChI=1S/C22H24N4O7/c1-13(2)20(27)32-9-10-33-22(29)23-16-6-5-14(3)19(12-16)25-21(28)24-18-8-7-17(26(30)31)11-15(18)4/h5-8,11-12H,1,9-10H2,2-4H3,(H,23,29)(H2,24,25,28). The third kappa shape index (κ3) is 7.65. The van der Waals surface area contributed by atoms with Gasteiger partial charge in [-0.1, -0.05) is 12.6 Å². The molecule has 33 heavy (non-hydrogen) atoms. The molecule has 3 amide bonds. The molecule has 0 atom stereocenters. The van der Waals surface area contributed by atoms with E-state index < -0.39 is 23.0 Å². The largest absolute Gasteiger partial charge is 0.459 e. The highest BCUT2D eigenvalue weighted by molar-refractivity contribution is 6.01. The van der Waals surface area contributed by atoms with Crippen molar-refractivity contribution >= 4 is 40.8 Å². The first kappa shape index (κ1) is 24.9. The van der Waals surface area contributed by atoms with Crippen molar-refractivity contribution in [2.75, 3.05) is 29.2 Å². The number of nitrogens with one attached hydrogen (secondary N) is 3. The number of hydrogen-bond donors (Lipinski definition) is 3. The van der Waals surface area contributed by atoms with Gasteiger partial charge in [0, 0.05) is 34.8 Å². The number of aryl methyl sites for hydroxylation is 2. The summed E-state index contributed by atoms with van der Waals surface area (Å²) < 4.78 is 9.77. The van der Waals surface area contributed by atoms with Crippen molar-refractivity contribution in [3.63, 3.8) is 0 Å². The number of anilines is 3. The van der Waals surface area contributed by atoms with Crippen LogP contribution >= 0.6 is 0 Å². The molecule has 0 saturated carbocycles. The molecule has 11 heteroatoms. The van der Waals surface area contributed by atoms with Gasteiger partial charge in [-0.2, -0.15) is 0 Å². The molecule has 0 aliphatic carbocycles. The number of urea groups is 1. The van der Waals surface area contributed by atoms with Crippen molar-refractivity contribution < 1.29 is 28.8 Å². The minimum absolute atomic E-state index is 0.0751. The fourth-order valence-corrected chi connectivity index (χ4v) is 2.56. The van der Waals surface area contributed by atoms with Gasteiger partial charge in [0.25, 0.3) is 5.69 Å². The maximum absolute atomic E-state index is 12.4. The number of rotatable bonds is 8. The van der Waals surface area contributed by atoms with E-state index in [0.29, 0.717) is 22.6 Å². The van der Waals surface area contributed by atoms with Crippen LogP contribution in [-0.2, 0) is 14.3 Å². The lowest BCUT2D eigenvalue weighted by Crippen LogP contribution is -2.21. The number of benzene rings is 2. The molecule has 0 aliphatic rings. The van der Waals surface area contributed by atoms with Gasteiger partial charge in [-0.15, -0.1) is 0 Å². The van der Waals surface area contributed by atoms with Gasteiger partial charge in [0.05, 0.1) is 4.92 Å². The van der Waals surface area contributed by atoms with Crippen LogP contribution in [0.4, 0.5) is 32.3 Å². The summed E-state index contributed by atoms with van der Waals surface area (Å²) >= 11 is 0. The summed E-state index contributed by atoms with van der Waals surface area (Å²) in [5.41, 5.74) is 2.65. The van der Waals surface area contributed by atoms with Gasteiger partial charge >= 0.3 is 18.1 Å². The lowest BCUT2D eigenvalue weighted by Gasteiger charge is -2.13. The Bertz CT molecular complexity index is 1100. The van der Waals surface area contributed by atoms with Crippen LogP contribution in [0.3, 0.4) is 0 Å². The number of hydrogen-bond acceptors (Lipinski definition) is 7. The van der Waals surface area contributed by atoms with E-state index >= 15 is 0 Å². The molecular weight excluding hydrogens is 432 g/mol. The van der Waals surface area contributed by atoms with Crippen LogP contribution in [-0.4, -0.2) is 36.2 Å². The van der Waals surface area contributed by atoms with Gasteiger partial charge in [0.15, 0.2) is 0 Å². The first-order valence-corrected chi connectivity index (χ1v) is 9.77. The molecule has 0 unspecified atom stereocenters. The van der Waals surface area contributed by atoms with Gasteiger partial charge in [0.2, 0.25) is 0 Å². The number of nitrogens with zero attached hydrogens (tertiary/aromatic N) is 1. The summed E-state index contributed by atoms with van der Waals surface area (Å²) in [7, 11) is 0. The maximum atomic E-state index is 12.4. The highest BCUT2D eigenvalue weighted by Crippen LogP contribution is 2.23. The van der Waals surface area contributed by atoms with Crippen LogP contribution in [0.1, 0.15) is 18.1 Å². The average molecular weight is 456 g/mol. The smallest absolute Gasteiger partial charge is 0.411 e. The second-order valence-corrected chi connectivity index (χ2v) is 7.04. The lowest BCUT2D eigenvalue weighted by molar-refractivity contribution is -0.384. The second kappa shape index (κ2) is 11.3. The quantitative estimate of drug-likeness (QED) is 0.174. The van der Waals surface area contributed by atoms with Gasteiger partial charge in [-0.05, 0) is 50.1 Å². The fourth-order valence-electron chi connectivity index (χ4n) is 2.56. The number of ether oxygens (including phenoxy) is 2. The van der Waals surface area contributed by atoms with Crippen molar-refractivity contribution in [1.29, 1.82) is 0 Å². The minimum Gasteiger partial charge on any atom is -0.459 e. The van der Waals surface area contributed by atoms with Crippen molar-refractivity contribution in [3.8, 4) is 0 Å². The molecule has 2 aromatic rings. The Morgan fingerprint density at radius 3 is 2.24 bits per heavy atom. The number of nitro benzene ring substituents is 1. The van der Waals surface area contributed by atoms with Crippen LogP contribution in [0, 0.1) is 24.0 Å². The Kier molecular flexibility index (Phi) is 8.49. The summed E-state index contributed by atoms with van der Waals surface area (Å²) in [6, 6.07) is 8.40. The summed E-state index contributed by atoms with van der Waals surface area (Å²) in [6.07, 6.45) is -0.762. The molecule has 0 saturated heterocycles. The molecule has 0 radical (unpaired) electrons. The molecule has 2 rings (SSSR count). The number of nitro groups is 1. The van der Waals surface area contributed by atoms with Crippen molar-refractivity contribution in [3.05, 3.63) is 69.8 Å². The molecule has 2 aromatic carbocycles. The van der Waals surface area contributed by atoms with E-state index in [9.17, 15) is 24.5 Å². The van der Waals surface area contributed by atoms with Gasteiger partial charge in [-0.25, -0.2) is 14.4 Å². The zero-order valence-corrected chi connectivity index (χ0v) is 18.4. The first-order chi connectivity index (χ1) is 15.6. The zero-order valence-electron chi connectivity index (χ0n) is 18.4. The molecule has 3 N–H and O–H groups in total. The summed E-state index contributed by atoms with van der Waals surface area (Å²) in [5, 5.41) is 18.7. The number of carbonyl (C=O) groups is 3. The second-order valence-electron chi connectivity index (χ2n) is 7.04. The Hall–Kier alpha value is -4.41. The Morgan fingerprint density at radius 1 is 0.939 bits per heavy atom. The SMILES string of the molecule is C=C(C)C(=O)OCCOC(=O)Nc1ccc(C)c(NC(=O)Nc2ccc([N+](=O)[O-])cc2C)c1. The van der Waals surface area contributed by atoms with Gasteiger partial charge in [-0.3, -0.25) is 15.4 Å². The molecule has 0 spiro atoms. The van der Waals surface area contributed by atoms with Crippen molar-refractivity contribution in [2.24, 2.45) is 0 Å². The fraction of sp³-hybridized carbons (Fsp3) is 0.227. The Morgan fingerprint density at radius 2 is 1.61 bits per heavy atom. The first-order valence-electron chi connectivity index (χ1n) is 9.77. The number of carbonyl (C=O) groups excluding carboxylic acids is 3. The van der Waals surface area contributed by atoms with Gasteiger partial charge < -0.3 is 20.1 Å². The van der Waals surface area contributed by atoms with E-state index in [1.807, 2.05) is 0 Å². The molecule has 0 bridgehead atoms. The summed E-state index contributed by atoms with van der Waals surface area (Å²) in [4.78, 5) is 45.9. The Balaban J connectivity index is 1.93. The third-order valence-electron chi connectivity index (χ3n) is 4.30. The molecule has 0 heterocycles. The predicted octanol–water partition coefficient (Wildman–Crippen LogP) is 4.52. The molecular formula is C22H24N4O7. The normalized spacial score (nSPS) is 10.0. The molecule has 0 fully saturated rings. The van der Waals surface area contributed by atoms with Crippen LogP contribution < -0.4 is 16.0 Å². The van der Waals surface area contributed by atoms with Crippen LogP contribution in [0.2, 0.25) is 0 Å². The van der Waals surface area contributed by atoms with E-state index in [-0.39, 0.29) is 24.5 Å². The van der Waals surface area contributed by atoms with E-state index in [1.165, 1.54) is 25.1 Å². The van der Waals surface area contributed by atoms with Crippen molar-refractivity contribution in [2.45, 2.75) is 20.8 Å². The third-order valence-corrected chi connectivity index (χ3v) is 4.30. The molecule has 11 nitrogen and oxygen atoms in total. The number of esters is 1. The number of amides is 3. The highest BCUT2D eigenvalue weighted by atomic mass is 16.6. The zero-order chi connectivity index (χ0) is 24.5. The minimum atomic E-state index is -0.762. The highest BCUT2D eigenvalue weighted by Gasteiger charge is 2.12. The van der Waals surface area contributed by atoms with Crippen LogP contribution in [0.25, 0.3) is 0 Å². The Labute approximate surface area is 189 Å². The van der Waals surface area contributed by atoms with Crippen LogP contribution in [0.15, 0.2) is 48.6 Å². The monoisotopic (exact) mass is 456 g/mol. The summed E-state index contributed by atoms with van der Waals surface area (Å²) in [6.45, 7) is 8.11. The van der Waals surface area contributed by atoms with E-state index in [1.54, 1.807) is 32.0 Å². The molecule has 0 aromatic heterocycles. The van der Waals surface area contributed by atoms with E-state index in [0.717, 1.165) is 5.56 Å². The molecule has 0 aliphatic heterocycles. The number of non-ortho nitro benzene ring substituents is 1. The average Bonchev–Trinajstić information content (AvgIpc) is 2.74. The topological polar surface area (TPSA) is 149 Å². The maximum Gasteiger partial charge on any atom is 0.411 e. The molecule has 174 valence electrons. The lowest BCUT2D eigenvalue weighted by atomic mass is 10.1. The summed E-state index contributed by atoms with van der Waals surface area (Å²) in [5.74, 6) is -0.574. The van der Waals surface area contributed by atoms with Crippen LogP contribution in [0.5, 0.6) is 0 Å². The predicted molar refractivity (Wildman–Crippen MR) is 122 cm³/mol. The van der Waals surface area contributed by atoms with E-state index in [2.05, 4.69) is 22.5 Å². The van der Waals surface area contributed by atoms with Crippen molar-refractivity contribution in [1.82, 2.24) is 0 Å². The van der Waals surface area contributed by atoms with E-state index in [4.69, 9.17) is 9.47 Å². The van der Waals surface area contributed by atoms with Gasteiger partial charge in [0.1, 0.15) is 13.2 Å².